The number of rotatable bonds is 8. The number of benzene rings is 2. The summed E-state index contributed by atoms with van der Waals surface area (Å²) < 4.78 is 6.66. The van der Waals surface area contributed by atoms with Crippen molar-refractivity contribution < 1.29 is 19.7 Å². The van der Waals surface area contributed by atoms with Gasteiger partial charge in [-0.3, -0.25) is 0 Å². The fourth-order valence-corrected chi connectivity index (χ4v) is 7.99. The van der Waals surface area contributed by atoms with E-state index in [1.165, 1.54) is 0 Å². The molecule has 0 spiro atoms. The Morgan fingerprint density at radius 2 is 1.12 bits per heavy atom. The van der Waals surface area contributed by atoms with E-state index in [1.807, 2.05) is 36.4 Å². The van der Waals surface area contributed by atoms with E-state index in [1.54, 1.807) is 0 Å². The van der Waals surface area contributed by atoms with Gasteiger partial charge in [0, 0.05) is 6.61 Å². The summed E-state index contributed by atoms with van der Waals surface area (Å²) in [6, 6.07) is 20.3. The molecule has 0 atom stereocenters. The first-order chi connectivity index (χ1) is 12.3. The molecule has 4 nitrogen and oxygen atoms in total. The smallest absolute Gasteiger partial charge is 0.261 e. The molecule has 2 rings (SSSR count). The lowest BCUT2D eigenvalue weighted by molar-refractivity contribution is -0.0283. The van der Waals surface area contributed by atoms with E-state index in [2.05, 4.69) is 45.0 Å². The molecule has 3 N–H and O–H groups in total. The van der Waals surface area contributed by atoms with E-state index in [4.69, 9.17) is 4.43 Å². The molecule has 0 aliphatic carbocycles. The molecule has 2 aromatic rings. The average Bonchev–Trinajstić information content (AvgIpc) is 2.66. The van der Waals surface area contributed by atoms with Crippen molar-refractivity contribution in [3.05, 3.63) is 60.7 Å². The summed E-state index contributed by atoms with van der Waals surface area (Å²) >= 11 is 0. The van der Waals surface area contributed by atoms with Gasteiger partial charge >= 0.3 is 0 Å². The predicted molar refractivity (Wildman–Crippen MR) is 107 cm³/mol. The molecule has 0 saturated carbocycles. The van der Waals surface area contributed by atoms with Gasteiger partial charge in [-0.1, -0.05) is 81.4 Å². The van der Waals surface area contributed by atoms with Crippen LogP contribution in [0.4, 0.5) is 0 Å². The molecule has 142 valence electrons. The van der Waals surface area contributed by atoms with E-state index in [0.29, 0.717) is 0 Å². The molecule has 5 heteroatoms. The van der Waals surface area contributed by atoms with Crippen LogP contribution in [0.2, 0.25) is 5.04 Å². The van der Waals surface area contributed by atoms with E-state index in [-0.39, 0.29) is 31.5 Å². The van der Waals surface area contributed by atoms with Crippen LogP contribution >= 0.6 is 0 Å². The predicted octanol–water partition coefficient (Wildman–Crippen LogP) is 1.53. The Hall–Kier alpha value is -1.50. The summed E-state index contributed by atoms with van der Waals surface area (Å²) in [5.41, 5.74) is -1.06. The topological polar surface area (TPSA) is 69.9 Å². The Kier molecular flexibility index (Phi) is 6.77. The third-order valence-corrected chi connectivity index (χ3v) is 10.0. The molecular weight excluding hydrogens is 344 g/mol. The fourth-order valence-electron chi connectivity index (χ4n) is 3.31. The van der Waals surface area contributed by atoms with E-state index >= 15 is 0 Å². The number of aliphatic hydroxyl groups is 3. The Morgan fingerprint density at radius 3 is 1.42 bits per heavy atom. The minimum Gasteiger partial charge on any atom is -0.407 e. The van der Waals surface area contributed by atoms with Crippen molar-refractivity contribution in [3.63, 3.8) is 0 Å². The van der Waals surface area contributed by atoms with Crippen molar-refractivity contribution in [2.45, 2.75) is 25.8 Å². The fraction of sp³-hybridized carbons (Fsp3) is 0.429. The highest BCUT2D eigenvalue weighted by molar-refractivity contribution is 6.99. The monoisotopic (exact) mass is 374 g/mol. The van der Waals surface area contributed by atoms with Crippen molar-refractivity contribution in [1.29, 1.82) is 0 Å². The summed E-state index contributed by atoms with van der Waals surface area (Å²) in [6.07, 6.45) is 0. The van der Waals surface area contributed by atoms with Crippen LogP contribution in [0, 0.1) is 5.41 Å². The van der Waals surface area contributed by atoms with Crippen molar-refractivity contribution in [3.8, 4) is 0 Å². The van der Waals surface area contributed by atoms with Crippen LogP contribution in [0.3, 0.4) is 0 Å². The van der Waals surface area contributed by atoms with Gasteiger partial charge in [0.1, 0.15) is 0 Å². The average molecular weight is 375 g/mol. The van der Waals surface area contributed by atoms with Crippen LogP contribution in [-0.2, 0) is 4.43 Å². The van der Waals surface area contributed by atoms with Gasteiger partial charge in [0.2, 0.25) is 0 Å². The molecule has 26 heavy (non-hydrogen) atoms. The lowest BCUT2D eigenvalue weighted by Crippen LogP contribution is -2.67. The van der Waals surface area contributed by atoms with Gasteiger partial charge < -0.3 is 19.7 Å². The maximum Gasteiger partial charge on any atom is 0.261 e. The summed E-state index contributed by atoms with van der Waals surface area (Å²) in [5.74, 6) is 0. The molecule has 0 heterocycles. The third-order valence-electron chi connectivity index (χ3n) is 5.02. The number of aliphatic hydroxyl groups excluding tert-OH is 3. The molecule has 0 aromatic heterocycles. The summed E-state index contributed by atoms with van der Waals surface area (Å²) in [5, 5.41) is 31.3. The zero-order valence-electron chi connectivity index (χ0n) is 15.9. The first-order valence-electron chi connectivity index (χ1n) is 8.93. The molecule has 0 aliphatic heterocycles. The van der Waals surface area contributed by atoms with Gasteiger partial charge in [-0.05, 0) is 15.4 Å². The van der Waals surface area contributed by atoms with Gasteiger partial charge in [0.05, 0.1) is 25.2 Å². The number of hydrogen-bond donors (Lipinski definition) is 3. The Morgan fingerprint density at radius 1 is 0.731 bits per heavy atom. The van der Waals surface area contributed by atoms with Gasteiger partial charge in [0.15, 0.2) is 0 Å². The van der Waals surface area contributed by atoms with Gasteiger partial charge in [0.25, 0.3) is 8.32 Å². The highest BCUT2D eigenvalue weighted by Gasteiger charge is 2.51. The highest BCUT2D eigenvalue weighted by Crippen LogP contribution is 2.37. The molecule has 0 unspecified atom stereocenters. The minimum absolute atomic E-state index is 0.0871. The quantitative estimate of drug-likeness (QED) is 0.613. The van der Waals surface area contributed by atoms with Crippen LogP contribution in [0.25, 0.3) is 0 Å². The molecule has 2 aromatic carbocycles. The lowest BCUT2D eigenvalue weighted by Gasteiger charge is -2.45. The first-order valence-corrected chi connectivity index (χ1v) is 10.8. The van der Waals surface area contributed by atoms with E-state index in [0.717, 1.165) is 10.4 Å². The Balaban J connectivity index is 2.61. The maximum absolute atomic E-state index is 9.73. The second-order valence-electron chi connectivity index (χ2n) is 7.93. The second kappa shape index (κ2) is 8.46. The van der Waals surface area contributed by atoms with Crippen LogP contribution in [0.15, 0.2) is 60.7 Å². The van der Waals surface area contributed by atoms with Crippen molar-refractivity contribution in [2.75, 3.05) is 26.4 Å². The molecule has 0 saturated heterocycles. The normalized spacial score (nSPS) is 13.0. The van der Waals surface area contributed by atoms with Crippen LogP contribution in [-0.4, -0.2) is 50.1 Å². The SMILES string of the molecule is CC(C)(C)[Si](OCC(CO)(CO)CO)(c1ccccc1)c1ccccc1. The van der Waals surface area contributed by atoms with Crippen LogP contribution in [0.5, 0.6) is 0 Å². The Bertz CT molecular complexity index is 616. The minimum atomic E-state index is -2.74. The first kappa shape index (κ1) is 20.8. The zero-order valence-corrected chi connectivity index (χ0v) is 16.9. The molecule has 0 amide bonds. The molecule has 0 aliphatic rings. The summed E-state index contributed by atoms with van der Waals surface area (Å²) in [4.78, 5) is 0. The lowest BCUT2D eigenvalue weighted by atomic mass is 9.93. The highest BCUT2D eigenvalue weighted by atomic mass is 28.4. The summed E-state index contributed by atoms with van der Waals surface area (Å²) in [6.45, 7) is 5.58. The molecule has 0 bridgehead atoms. The standard InChI is InChI=1S/C21H30O4Si/c1-20(2,3)26(18-10-6-4-7-11-18,19-12-8-5-9-13-19)25-17-21(14-22,15-23)16-24/h4-13,22-24H,14-17H2,1-3H3. The van der Waals surface area contributed by atoms with Crippen LogP contribution in [0.1, 0.15) is 20.8 Å². The summed E-state index contributed by atoms with van der Waals surface area (Å²) in [7, 11) is -2.74. The second-order valence-corrected chi connectivity index (χ2v) is 12.2. The van der Waals surface area contributed by atoms with Gasteiger partial charge in [-0.25, -0.2) is 0 Å². The Labute approximate surface area is 157 Å². The molecular formula is C21H30O4Si. The van der Waals surface area contributed by atoms with Crippen molar-refractivity contribution in [2.24, 2.45) is 5.41 Å². The van der Waals surface area contributed by atoms with E-state index < -0.39 is 13.7 Å². The third kappa shape index (κ3) is 3.92. The van der Waals surface area contributed by atoms with Gasteiger partial charge in [-0.15, -0.1) is 0 Å². The molecule has 0 radical (unpaired) electrons. The largest absolute Gasteiger partial charge is 0.407 e. The van der Waals surface area contributed by atoms with Gasteiger partial charge in [-0.2, -0.15) is 0 Å². The number of hydrogen-bond acceptors (Lipinski definition) is 4. The van der Waals surface area contributed by atoms with Crippen molar-refractivity contribution in [1.82, 2.24) is 0 Å². The van der Waals surface area contributed by atoms with E-state index in [9.17, 15) is 15.3 Å². The van der Waals surface area contributed by atoms with Crippen molar-refractivity contribution >= 4 is 18.7 Å². The maximum atomic E-state index is 9.73. The van der Waals surface area contributed by atoms with Crippen LogP contribution < -0.4 is 10.4 Å². The zero-order chi connectivity index (χ0) is 19.3. The molecule has 0 fully saturated rings.